The molecule has 1 heterocycles. The summed E-state index contributed by atoms with van der Waals surface area (Å²) in [6.45, 7) is 3.24. The molecule has 0 aromatic carbocycles. The first-order valence-electron chi connectivity index (χ1n) is 3.64. The van der Waals surface area contributed by atoms with Crippen LogP contribution in [0.15, 0.2) is 6.20 Å². The van der Waals surface area contributed by atoms with E-state index in [4.69, 9.17) is 0 Å². The van der Waals surface area contributed by atoms with Crippen molar-refractivity contribution in [1.82, 2.24) is 9.78 Å². The van der Waals surface area contributed by atoms with Crippen LogP contribution in [0.1, 0.15) is 25.6 Å². The van der Waals surface area contributed by atoms with Gasteiger partial charge in [-0.05, 0) is 13.8 Å². The van der Waals surface area contributed by atoms with Gasteiger partial charge in [-0.2, -0.15) is 18.3 Å². The molecule has 1 aromatic rings. The molecule has 0 radical (unpaired) electrons. The van der Waals surface area contributed by atoms with E-state index in [-0.39, 0.29) is 6.04 Å². The molecule has 0 bridgehead atoms. The van der Waals surface area contributed by atoms with Crippen molar-refractivity contribution in [3.05, 3.63) is 17.7 Å². The van der Waals surface area contributed by atoms with Crippen LogP contribution in [-0.4, -0.2) is 9.78 Å². The SMILES string of the molecule is CC(C)n1cc(F)c(C(F)(F)F)n1. The van der Waals surface area contributed by atoms with Crippen LogP contribution in [0.3, 0.4) is 0 Å². The van der Waals surface area contributed by atoms with E-state index in [9.17, 15) is 17.6 Å². The van der Waals surface area contributed by atoms with Crippen LogP contribution in [0.25, 0.3) is 0 Å². The van der Waals surface area contributed by atoms with Gasteiger partial charge in [0.05, 0.1) is 6.20 Å². The number of halogens is 4. The first-order valence-corrected chi connectivity index (χ1v) is 3.64. The largest absolute Gasteiger partial charge is 0.438 e. The van der Waals surface area contributed by atoms with E-state index in [1.165, 1.54) is 0 Å². The van der Waals surface area contributed by atoms with Gasteiger partial charge >= 0.3 is 6.18 Å². The van der Waals surface area contributed by atoms with Gasteiger partial charge in [0.15, 0.2) is 5.82 Å². The molecular formula is C7H8F4N2. The van der Waals surface area contributed by atoms with Gasteiger partial charge in [0.1, 0.15) is 0 Å². The molecule has 0 fully saturated rings. The minimum Gasteiger partial charge on any atom is -0.267 e. The van der Waals surface area contributed by atoms with Crippen molar-refractivity contribution in [2.75, 3.05) is 0 Å². The zero-order valence-electron chi connectivity index (χ0n) is 7.06. The van der Waals surface area contributed by atoms with Gasteiger partial charge < -0.3 is 0 Å². The van der Waals surface area contributed by atoms with Gasteiger partial charge in [0.2, 0.25) is 5.69 Å². The normalized spacial score (nSPS) is 12.5. The number of rotatable bonds is 1. The van der Waals surface area contributed by atoms with Crippen LogP contribution in [0, 0.1) is 5.82 Å². The molecule has 1 aromatic heterocycles. The maximum Gasteiger partial charge on any atom is 0.438 e. The summed E-state index contributed by atoms with van der Waals surface area (Å²) in [6, 6.07) is -0.286. The smallest absolute Gasteiger partial charge is 0.267 e. The minimum absolute atomic E-state index is 0.286. The average Bonchev–Trinajstić information content (AvgIpc) is 2.29. The summed E-state index contributed by atoms with van der Waals surface area (Å²) in [5.74, 6) is -1.33. The van der Waals surface area contributed by atoms with Gasteiger partial charge in [-0.15, -0.1) is 0 Å². The lowest BCUT2D eigenvalue weighted by atomic mass is 10.4. The fourth-order valence-corrected chi connectivity index (χ4v) is 0.826. The molecule has 1 rings (SSSR count). The third-order valence-electron chi connectivity index (χ3n) is 1.48. The Labute approximate surface area is 72.2 Å². The molecule has 0 unspecified atom stereocenters. The van der Waals surface area contributed by atoms with Crippen molar-refractivity contribution in [1.29, 1.82) is 0 Å². The van der Waals surface area contributed by atoms with E-state index in [0.717, 1.165) is 10.9 Å². The summed E-state index contributed by atoms with van der Waals surface area (Å²) in [6.07, 6.45) is -3.97. The van der Waals surface area contributed by atoms with E-state index in [0.29, 0.717) is 0 Å². The highest BCUT2D eigenvalue weighted by Gasteiger charge is 2.37. The lowest BCUT2D eigenvalue weighted by molar-refractivity contribution is -0.143. The van der Waals surface area contributed by atoms with E-state index in [2.05, 4.69) is 5.10 Å². The summed E-state index contributed by atoms with van der Waals surface area (Å²) in [5.41, 5.74) is -1.46. The molecule has 0 aliphatic heterocycles. The summed E-state index contributed by atoms with van der Waals surface area (Å²) < 4.78 is 49.6. The topological polar surface area (TPSA) is 17.8 Å². The second-order valence-electron chi connectivity index (χ2n) is 2.90. The minimum atomic E-state index is -4.72. The quantitative estimate of drug-likeness (QED) is 0.631. The summed E-state index contributed by atoms with van der Waals surface area (Å²) in [7, 11) is 0. The zero-order chi connectivity index (χ0) is 10.2. The molecule has 0 saturated carbocycles. The van der Waals surface area contributed by atoms with Gasteiger partial charge in [-0.3, -0.25) is 4.68 Å². The predicted octanol–water partition coefficient (Wildman–Crippen LogP) is 2.62. The van der Waals surface area contributed by atoms with Crippen molar-refractivity contribution in [3.8, 4) is 0 Å². The number of hydrogen-bond acceptors (Lipinski definition) is 1. The van der Waals surface area contributed by atoms with Crippen molar-refractivity contribution in [3.63, 3.8) is 0 Å². The second-order valence-corrected chi connectivity index (χ2v) is 2.90. The van der Waals surface area contributed by atoms with Crippen LogP contribution >= 0.6 is 0 Å². The Morgan fingerprint density at radius 2 is 1.92 bits per heavy atom. The lowest BCUT2D eigenvalue weighted by Crippen LogP contribution is -2.10. The first kappa shape index (κ1) is 10.0. The Hall–Kier alpha value is -1.07. The van der Waals surface area contributed by atoms with Gasteiger partial charge in [0.25, 0.3) is 0 Å². The Kier molecular flexibility index (Phi) is 2.32. The van der Waals surface area contributed by atoms with Gasteiger partial charge in [-0.1, -0.05) is 0 Å². The monoisotopic (exact) mass is 196 g/mol. The Morgan fingerprint density at radius 3 is 2.15 bits per heavy atom. The molecule has 0 aliphatic carbocycles. The van der Waals surface area contributed by atoms with E-state index < -0.39 is 17.7 Å². The molecule has 6 heteroatoms. The van der Waals surface area contributed by atoms with Crippen molar-refractivity contribution in [2.24, 2.45) is 0 Å². The highest BCUT2D eigenvalue weighted by molar-refractivity contribution is 5.07. The van der Waals surface area contributed by atoms with Crippen LogP contribution in [0.5, 0.6) is 0 Å². The average molecular weight is 196 g/mol. The molecule has 74 valence electrons. The Bertz CT molecular complexity index is 300. The highest BCUT2D eigenvalue weighted by Crippen LogP contribution is 2.30. The number of aromatic nitrogens is 2. The standard InChI is InChI=1S/C7H8F4N2/c1-4(2)13-3-5(8)6(12-13)7(9,10)11/h3-4H,1-2H3. The van der Waals surface area contributed by atoms with Crippen LogP contribution < -0.4 is 0 Å². The Balaban J connectivity index is 3.11. The first-order chi connectivity index (χ1) is 5.82. The molecule has 2 nitrogen and oxygen atoms in total. The van der Waals surface area contributed by atoms with E-state index >= 15 is 0 Å². The van der Waals surface area contributed by atoms with Crippen LogP contribution in [0.4, 0.5) is 17.6 Å². The summed E-state index contributed by atoms with van der Waals surface area (Å²) >= 11 is 0. The van der Waals surface area contributed by atoms with Crippen molar-refractivity contribution in [2.45, 2.75) is 26.1 Å². The molecular weight excluding hydrogens is 188 g/mol. The number of alkyl halides is 3. The Morgan fingerprint density at radius 1 is 1.38 bits per heavy atom. The van der Waals surface area contributed by atoms with E-state index in [1.807, 2.05) is 0 Å². The van der Waals surface area contributed by atoms with Crippen molar-refractivity contribution >= 4 is 0 Å². The van der Waals surface area contributed by atoms with Crippen LogP contribution in [-0.2, 0) is 6.18 Å². The number of hydrogen-bond donors (Lipinski definition) is 0. The maximum atomic E-state index is 12.7. The molecule has 0 spiro atoms. The second kappa shape index (κ2) is 3.01. The third-order valence-corrected chi connectivity index (χ3v) is 1.48. The summed E-state index contributed by atoms with van der Waals surface area (Å²) in [5, 5.41) is 3.10. The molecule has 0 amide bonds. The molecule has 0 saturated heterocycles. The zero-order valence-corrected chi connectivity index (χ0v) is 7.06. The van der Waals surface area contributed by atoms with Gasteiger partial charge in [0, 0.05) is 6.04 Å². The third kappa shape index (κ3) is 1.99. The fraction of sp³-hybridized carbons (Fsp3) is 0.571. The highest BCUT2D eigenvalue weighted by atomic mass is 19.4. The van der Waals surface area contributed by atoms with Crippen LogP contribution in [0.2, 0.25) is 0 Å². The molecule has 0 aliphatic rings. The van der Waals surface area contributed by atoms with Gasteiger partial charge in [-0.25, -0.2) is 4.39 Å². The molecule has 13 heavy (non-hydrogen) atoms. The predicted molar refractivity (Wildman–Crippen MR) is 37.6 cm³/mol. The maximum absolute atomic E-state index is 12.7. The fourth-order valence-electron chi connectivity index (χ4n) is 0.826. The summed E-state index contributed by atoms with van der Waals surface area (Å²) in [4.78, 5) is 0. The lowest BCUT2D eigenvalue weighted by Gasteiger charge is -2.04. The molecule has 0 atom stereocenters. The number of nitrogens with zero attached hydrogens (tertiary/aromatic N) is 2. The molecule has 0 N–H and O–H groups in total. The van der Waals surface area contributed by atoms with E-state index in [1.54, 1.807) is 13.8 Å². The van der Waals surface area contributed by atoms with Crippen molar-refractivity contribution < 1.29 is 17.6 Å².